The maximum absolute atomic E-state index is 5.79. The molecule has 0 aliphatic rings. The average molecular weight is 382 g/mol. The Morgan fingerprint density at radius 3 is 2.63 bits per heavy atom. The van der Waals surface area contributed by atoms with Crippen molar-refractivity contribution in [2.75, 3.05) is 19.5 Å². The van der Waals surface area contributed by atoms with Crippen molar-refractivity contribution >= 4 is 11.8 Å². The zero-order chi connectivity index (χ0) is 19.1. The molecule has 27 heavy (non-hydrogen) atoms. The number of aryl methyl sites for hydroxylation is 1. The Morgan fingerprint density at radius 1 is 1.11 bits per heavy atom. The van der Waals surface area contributed by atoms with E-state index in [4.69, 9.17) is 9.47 Å². The number of allylic oxidation sites excluding steroid dienone is 1. The number of benzene rings is 2. The Balaban J connectivity index is 1.69. The van der Waals surface area contributed by atoms with Gasteiger partial charge in [-0.1, -0.05) is 47.7 Å². The second-order valence-corrected chi connectivity index (χ2v) is 6.98. The number of nitrogens with zero attached hydrogens (tertiary/aromatic N) is 3. The Kier molecular flexibility index (Phi) is 6.54. The zero-order valence-corrected chi connectivity index (χ0v) is 16.4. The van der Waals surface area contributed by atoms with Gasteiger partial charge in [0.25, 0.3) is 0 Å². The van der Waals surface area contributed by atoms with Crippen LogP contribution in [0.15, 0.2) is 66.3 Å². The molecule has 0 radical (unpaired) electrons. The molecule has 1 heterocycles. The number of thioether (sulfide) groups is 1. The molecule has 0 saturated carbocycles. The quantitative estimate of drug-likeness (QED) is 0.307. The molecule has 2 aromatic carbocycles. The summed E-state index contributed by atoms with van der Waals surface area (Å²) in [5, 5.41) is 9.58. The first kappa shape index (κ1) is 19.0. The van der Waals surface area contributed by atoms with E-state index in [-0.39, 0.29) is 0 Å². The van der Waals surface area contributed by atoms with Crippen molar-refractivity contribution in [3.8, 4) is 22.9 Å². The van der Waals surface area contributed by atoms with Gasteiger partial charge in [0.2, 0.25) is 0 Å². The first-order valence-electron chi connectivity index (χ1n) is 8.72. The van der Waals surface area contributed by atoms with Crippen LogP contribution >= 0.6 is 11.8 Å². The summed E-state index contributed by atoms with van der Waals surface area (Å²) in [5.41, 5.74) is 2.13. The third-order valence-corrected chi connectivity index (χ3v) is 4.91. The second kappa shape index (κ2) is 9.28. The Hall–Kier alpha value is -2.73. The van der Waals surface area contributed by atoms with Crippen molar-refractivity contribution < 1.29 is 9.47 Å². The molecule has 0 aliphatic heterocycles. The summed E-state index contributed by atoms with van der Waals surface area (Å²) in [7, 11) is 1.66. The highest BCUT2D eigenvalue weighted by Gasteiger charge is 2.16. The van der Waals surface area contributed by atoms with Gasteiger partial charge in [0.05, 0.1) is 19.3 Å². The Morgan fingerprint density at radius 2 is 1.89 bits per heavy atom. The number of hydrogen-bond donors (Lipinski definition) is 0. The fraction of sp³-hybridized carbons (Fsp3) is 0.238. The van der Waals surface area contributed by atoms with Gasteiger partial charge in [-0.2, -0.15) is 0 Å². The van der Waals surface area contributed by atoms with E-state index in [9.17, 15) is 0 Å². The predicted molar refractivity (Wildman–Crippen MR) is 110 cm³/mol. The molecule has 0 spiro atoms. The number of hydrogen-bond acceptors (Lipinski definition) is 5. The van der Waals surface area contributed by atoms with Crippen LogP contribution in [0.2, 0.25) is 0 Å². The van der Waals surface area contributed by atoms with E-state index in [2.05, 4.69) is 23.7 Å². The van der Waals surface area contributed by atoms with E-state index in [0.29, 0.717) is 13.2 Å². The van der Waals surface area contributed by atoms with Crippen LogP contribution in [0.25, 0.3) is 11.4 Å². The summed E-state index contributed by atoms with van der Waals surface area (Å²) >= 11 is 1.61. The van der Waals surface area contributed by atoms with Crippen LogP contribution in [0.4, 0.5) is 0 Å². The molecule has 6 heteroatoms. The number of rotatable bonds is 9. The monoisotopic (exact) mass is 381 g/mol. The highest BCUT2D eigenvalue weighted by atomic mass is 32.2. The maximum atomic E-state index is 5.79. The highest BCUT2D eigenvalue weighted by Crippen LogP contribution is 2.30. The minimum Gasteiger partial charge on any atom is -0.496 e. The van der Waals surface area contributed by atoms with Gasteiger partial charge in [-0.15, -0.1) is 16.8 Å². The molecule has 0 saturated heterocycles. The van der Waals surface area contributed by atoms with Crippen molar-refractivity contribution in [2.45, 2.75) is 18.6 Å². The van der Waals surface area contributed by atoms with Crippen LogP contribution in [0.1, 0.15) is 5.56 Å². The molecule has 140 valence electrons. The normalized spacial score (nSPS) is 10.6. The van der Waals surface area contributed by atoms with Gasteiger partial charge < -0.3 is 9.47 Å². The van der Waals surface area contributed by atoms with Crippen molar-refractivity contribution in [1.29, 1.82) is 0 Å². The van der Waals surface area contributed by atoms with E-state index in [0.717, 1.165) is 33.8 Å². The van der Waals surface area contributed by atoms with Gasteiger partial charge in [0, 0.05) is 12.3 Å². The lowest BCUT2D eigenvalue weighted by Crippen LogP contribution is -2.04. The Bertz CT molecular complexity index is 891. The molecule has 0 unspecified atom stereocenters. The lowest BCUT2D eigenvalue weighted by molar-refractivity contribution is 0.343. The molecule has 5 nitrogen and oxygen atoms in total. The van der Waals surface area contributed by atoms with Gasteiger partial charge >= 0.3 is 0 Å². The molecule has 0 atom stereocenters. The molecule has 0 fully saturated rings. The number of aromatic nitrogens is 3. The minimum atomic E-state index is 0.596. The predicted octanol–water partition coefficient (Wildman–Crippen LogP) is 4.62. The molecular formula is C21H23N3O2S. The van der Waals surface area contributed by atoms with Crippen molar-refractivity contribution in [3.63, 3.8) is 0 Å². The fourth-order valence-corrected chi connectivity index (χ4v) is 3.41. The Labute approximate surface area is 164 Å². The molecule has 0 bridgehead atoms. The first-order chi connectivity index (χ1) is 13.2. The summed E-state index contributed by atoms with van der Waals surface area (Å²) in [5.74, 6) is 3.20. The molecule has 1 aromatic heterocycles. The van der Waals surface area contributed by atoms with Gasteiger partial charge in [-0.25, -0.2) is 0 Å². The molecule has 3 rings (SSSR count). The summed E-state index contributed by atoms with van der Waals surface area (Å²) in [6.45, 7) is 7.14. The SMILES string of the molecule is C=CCn1c(SCCOc2ccc(C)cc2)nnc1-c1ccccc1OC. The largest absolute Gasteiger partial charge is 0.496 e. The van der Waals surface area contributed by atoms with Crippen LogP contribution in [0.5, 0.6) is 11.5 Å². The van der Waals surface area contributed by atoms with Crippen LogP contribution < -0.4 is 9.47 Å². The van der Waals surface area contributed by atoms with Crippen molar-refractivity contribution in [2.24, 2.45) is 0 Å². The fourth-order valence-electron chi connectivity index (χ4n) is 2.64. The molecule has 3 aromatic rings. The van der Waals surface area contributed by atoms with Gasteiger partial charge in [0.15, 0.2) is 11.0 Å². The standard InChI is InChI=1S/C21H23N3O2S/c1-4-13-24-20(18-7-5-6-8-19(18)25-3)22-23-21(24)27-15-14-26-17-11-9-16(2)10-12-17/h4-12H,1,13-15H2,2-3H3. The van der Waals surface area contributed by atoms with Crippen LogP contribution in [-0.4, -0.2) is 34.2 Å². The number of methoxy groups -OCH3 is 1. The molecule has 0 N–H and O–H groups in total. The third kappa shape index (κ3) is 4.71. The smallest absolute Gasteiger partial charge is 0.191 e. The summed E-state index contributed by atoms with van der Waals surface area (Å²) in [6, 6.07) is 15.9. The van der Waals surface area contributed by atoms with Crippen molar-refractivity contribution in [3.05, 3.63) is 66.7 Å². The second-order valence-electron chi connectivity index (χ2n) is 5.92. The van der Waals surface area contributed by atoms with E-state index in [1.165, 1.54) is 5.56 Å². The van der Waals surface area contributed by atoms with Crippen molar-refractivity contribution in [1.82, 2.24) is 14.8 Å². The van der Waals surface area contributed by atoms with Gasteiger partial charge in [0.1, 0.15) is 11.5 Å². The summed E-state index contributed by atoms with van der Waals surface area (Å²) < 4.78 is 13.3. The van der Waals surface area contributed by atoms with E-state index < -0.39 is 0 Å². The lowest BCUT2D eigenvalue weighted by atomic mass is 10.2. The summed E-state index contributed by atoms with van der Waals surface area (Å²) in [4.78, 5) is 0. The lowest BCUT2D eigenvalue weighted by Gasteiger charge is -2.11. The summed E-state index contributed by atoms with van der Waals surface area (Å²) in [6.07, 6.45) is 1.84. The van der Waals surface area contributed by atoms with E-state index in [1.807, 2.05) is 59.2 Å². The van der Waals surface area contributed by atoms with Crippen LogP contribution in [0.3, 0.4) is 0 Å². The highest BCUT2D eigenvalue weighted by molar-refractivity contribution is 7.99. The molecule has 0 amide bonds. The number of para-hydroxylation sites is 1. The van der Waals surface area contributed by atoms with E-state index in [1.54, 1.807) is 18.9 Å². The first-order valence-corrected chi connectivity index (χ1v) is 9.71. The van der Waals surface area contributed by atoms with Crippen LogP contribution in [0, 0.1) is 6.92 Å². The van der Waals surface area contributed by atoms with E-state index >= 15 is 0 Å². The topological polar surface area (TPSA) is 49.2 Å². The maximum Gasteiger partial charge on any atom is 0.191 e. The average Bonchev–Trinajstić information content (AvgIpc) is 3.09. The van der Waals surface area contributed by atoms with Crippen LogP contribution in [-0.2, 0) is 6.54 Å². The number of ether oxygens (including phenoxy) is 2. The minimum absolute atomic E-state index is 0.596. The molecule has 0 aliphatic carbocycles. The van der Waals surface area contributed by atoms with Gasteiger partial charge in [-0.3, -0.25) is 4.57 Å². The van der Waals surface area contributed by atoms with Gasteiger partial charge in [-0.05, 0) is 31.2 Å². The zero-order valence-electron chi connectivity index (χ0n) is 15.6. The molecular weight excluding hydrogens is 358 g/mol. The third-order valence-electron chi connectivity index (χ3n) is 3.98.